The van der Waals surface area contributed by atoms with Gasteiger partial charge < -0.3 is 21.8 Å². The van der Waals surface area contributed by atoms with Gasteiger partial charge in [0.2, 0.25) is 5.91 Å². The average molecular weight is 1620 g/mol. The minimum Gasteiger partial charge on any atom is -0.398 e. The first-order chi connectivity index (χ1) is 51.1. The zero-order valence-electron chi connectivity index (χ0n) is 55.5. The molecule has 10 aromatic carbocycles. The lowest BCUT2D eigenvalue weighted by atomic mass is 10.1. The predicted octanol–water partition coefficient (Wildman–Crippen LogP) is 14.7. The SMILES string of the molecule is N/N=C/c1ccccc1NS(=O)(=O)c1ccc(C(F)(F)F)cc1.Nc1ccccc1CO.O=C(Cc1cccc(Cl)c1)N/N=C/c1ccccc1NS(=O)(=O)c1ccc(C(F)(F)F)cc1.O=Cc1ccccc1NS(=O)(=O)c1ccc(C(F)(F)F)cc1.O=S(=O)(Nc1ccccc1CO)c1ccc(C(F)(F)F)cc1. The zero-order chi connectivity index (χ0) is 80.6. The van der Waals surface area contributed by atoms with E-state index in [-0.39, 0.29) is 67.5 Å². The Hall–Kier alpha value is -11.4. The van der Waals surface area contributed by atoms with Crippen LogP contribution in [0, 0.1) is 0 Å². The maximum atomic E-state index is 12.7. The molecule has 0 spiro atoms. The summed E-state index contributed by atoms with van der Waals surface area (Å²) in [5.41, 5.74) is 8.00. The third-order valence-electron chi connectivity index (χ3n) is 14.2. The lowest BCUT2D eigenvalue weighted by Gasteiger charge is -2.12. The summed E-state index contributed by atoms with van der Waals surface area (Å²) in [6.45, 7) is -0.349. The fraction of sp³-hybridized carbons (Fsp3) is 0.0986. The number of carbonyl (C=O) groups excluding carboxylic acids is 2. The van der Waals surface area contributed by atoms with Crippen molar-refractivity contribution >= 4 is 105 Å². The Bertz CT molecular complexity index is 5280. The van der Waals surface area contributed by atoms with Crippen molar-refractivity contribution in [3.05, 3.63) is 303 Å². The molecule has 0 aromatic heterocycles. The Kier molecular flexibility index (Phi) is 30.1. The summed E-state index contributed by atoms with van der Waals surface area (Å²) in [5.74, 6) is 4.64. The van der Waals surface area contributed by atoms with Gasteiger partial charge >= 0.3 is 24.7 Å². The smallest absolute Gasteiger partial charge is 0.398 e. The largest absolute Gasteiger partial charge is 0.416 e. The predicted molar refractivity (Wildman–Crippen MR) is 386 cm³/mol. The van der Waals surface area contributed by atoms with E-state index in [1.165, 1.54) is 54.9 Å². The first-order valence-corrected chi connectivity index (χ1v) is 36.9. The molecule has 1 amide bonds. The number of sulfonamides is 4. The molecule has 0 unspecified atom stereocenters. The molecule has 0 atom stereocenters. The van der Waals surface area contributed by atoms with E-state index >= 15 is 0 Å². The number of anilines is 5. The number of amides is 1. The van der Waals surface area contributed by atoms with Gasteiger partial charge in [-0.2, -0.15) is 62.9 Å². The number of aliphatic hydroxyl groups excluding tert-OH is 2. The number of carbonyl (C=O) groups is 2. The number of nitrogens with one attached hydrogen (secondary N) is 5. The van der Waals surface area contributed by atoms with Gasteiger partial charge in [-0.05, 0) is 151 Å². The summed E-state index contributed by atoms with van der Waals surface area (Å²) >= 11 is 5.89. The molecule has 10 rings (SSSR count). The fourth-order valence-corrected chi connectivity index (χ4v) is 13.3. The number of hydrogen-bond acceptors (Lipinski definition) is 16. The van der Waals surface area contributed by atoms with Crippen LogP contribution in [-0.2, 0) is 89.2 Å². The summed E-state index contributed by atoms with van der Waals surface area (Å²) in [6, 6.07) is 51.2. The van der Waals surface area contributed by atoms with Crippen molar-refractivity contribution in [1.29, 1.82) is 0 Å². The molecular formula is C71H60ClF12N9O12S4. The van der Waals surface area contributed by atoms with Gasteiger partial charge in [-0.15, -0.1) is 0 Å². The Labute approximate surface area is 620 Å². The highest BCUT2D eigenvalue weighted by molar-refractivity contribution is 7.93. The van der Waals surface area contributed by atoms with Gasteiger partial charge in [-0.25, -0.2) is 39.1 Å². The standard InChI is InChI=1S/C22H17ClF3N3O3S.C14H12F3N3O2S.C14H12F3NO3S.C14H10F3NO3S.C7H9NO/c23-18-6-3-4-15(12-18)13-21(30)28-27-14-16-5-1-2-7-20(16)29-33(31,32)19-10-8-17(9-11-19)22(24,25)26;15-14(16,17)11-5-7-12(8-6-11)23(21,22)20-13-4-2-1-3-10(13)9-19-18;2*15-14(16,17)11-5-7-12(8-6-11)22(20,21)18-13-4-2-1-3-10(13)9-19;8-7-4-2-1-3-6(7)5-9/h1-12,14,29H,13H2,(H,28,30);1-9,20H,18H2;1-8,18-19H,9H2;1-9,18H;1-4,9H,5,8H2/b27-14+;19-9+;;;. The van der Waals surface area contributed by atoms with Gasteiger partial charge in [0.25, 0.3) is 40.1 Å². The van der Waals surface area contributed by atoms with Crippen molar-refractivity contribution in [1.82, 2.24) is 5.43 Å². The molecular weight excluding hydrogens is 1560 g/mol. The van der Waals surface area contributed by atoms with Gasteiger partial charge in [0.15, 0.2) is 6.29 Å². The number of nitrogen functional groups attached to an aromatic ring is 1. The van der Waals surface area contributed by atoms with Gasteiger partial charge in [0.05, 0.1) is 96.6 Å². The minimum absolute atomic E-state index is 0.0205. The van der Waals surface area contributed by atoms with E-state index in [4.69, 9.17) is 33.4 Å². The summed E-state index contributed by atoms with van der Waals surface area (Å²) in [4.78, 5) is 21.6. The number of para-hydroxylation sites is 5. The van der Waals surface area contributed by atoms with E-state index in [1.54, 1.807) is 91.0 Å². The third-order valence-corrected chi connectivity index (χ3v) is 20.0. The fourth-order valence-electron chi connectivity index (χ4n) is 8.77. The van der Waals surface area contributed by atoms with E-state index in [0.717, 1.165) is 54.1 Å². The van der Waals surface area contributed by atoms with Crippen molar-refractivity contribution in [3.8, 4) is 0 Å². The summed E-state index contributed by atoms with van der Waals surface area (Å²) < 4.78 is 258. The van der Waals surface area contributed by atoms with Crippen LogP contribution in [0.2, 0.25) is 5.02 Å². The van der Waals surface area contributed by atoms with Crippen LogP contribution in [0.5, 0.6) is 0 Å². The third kappa shape index (κ3) is 26.5. The number of halogens is 13. The van der Waals surface area contributed by atoms with E-state index in [1.807, 2.05) is 12.1 Å². The molecule has 0 aliphatic heterocycles. The number of benzene rings is 10. The molecule has 0 heterocycles. The van der Waals surface area contributed by atoms with Crippen molar-refractivity contribution in [2.75, 3.05) is 24.6 Å². The molecule has 38 heteroatoms. The number of nitrogens with zero attached hydrogens (tertiary/aromatic N) is 2. The van der Waals surface area contributed by atoms with Crippen LogP contribution in [0.25, 0.3) is 0 Å². The van der Waals surface area contributed by atoms with Crippen LogP contribution >= 0.6 is 11.6 Å². The highest BCUT2D eigenvalue weighted by Crippen LogP contribution is 2.35. The lowest BCUT2D eigenvalue weighted by Crippen LogP contribution is -2.20. The molecule has 109 heavy (non-hydrogen) atoms. The number of nitrogens with two attached hydrogens (primary N) is 2. The normalized spacial score (nSPS) is 11.9. The maximum Gasteiger partial charge on any atom is 0.416 e. The molecule has 0 radical (unpaired) electrons. The maximum absolute atomic E-state index is 12.7. The number of alkyl halides is 12. The molecule has 21 nitrogen and oxygen atoms in total. The summed E-state index contributed by atoms with van der Waals surface area (Å²) in [6.07, 6.45) is -15.1. The van der Waals surface area contributed by atoms with E-state index in [9.17, 15) is 95.9 Å². The Morgan fingerprint density at radius 3 is 1.05 bits per heavy atom. The highest BCUT2D eigenvalue weighted by Gasteiger charge is 2.34. The number of aldehydes is 1. The van der Waals surface area contributed by atoms with Crippen molar-refractivity contribution < 1.29 is 106 Å². The van der Waals surface area contributed by atoms with E-state index in [0.29, 0.717) is 87.8 Å². The molecule has 11 N–H and O–H groups in total. The second-order valence-electron chi connectivity index (χ2n) is 21.9. The Morgan fingerprint density at radius 2 is 0.716 bits per heavy atom. The summed E-state index contributed by atoms with van der Waals surface area (Å²) in [5, 5.41) is 25.5. The Morgan fingerprint density at radius 1 is 0.404 bits per heavy atom. The summed E-state index contributed by atoms with van der Waals surface area (Å²) in [7, 11) is -16.3. The van der Waals surface area contributed by atoms with Crippen LogP contribution in [0.3, 0.4) is 0 Å². The molecule has 0 saturated carbocycles. The van der Waals surface area contributed by atoms with Crippen molar-refractivity contribution in [2.45, 2.75) is 63.9 Å². The topological polar surface area (TPSA) is 348 Å². The molecule has 576 valence electrons. The first kappa shape index (κ1) is 86.6. The van der Waals surface area contributed by atoms with Crippen LogP contribution in [0.15, 0.2) is 272 Å². The molecule has 10 aromatic rings. The monoisotopic (exact) mass is 1620 g/mol. The number of rotatable bonds is 20. The number of aliphatic hydroxyl groups is 2. The minimum atomic E-state index is -4.57. The first-order valence-electron chi connectivity index (χ1n) is 30.6. The second kappa shape index (κ2) is 37.9. The van der Waals surface area contributed by atoms with E-state index in [2.05, 4.69) is 34.5 Å². The van der Waals surface area contributed by atoms with Crippen LogP contribution in [-0.4, -0.2) is 68.5 Å². The van der Waals surface area contributed by atoms with Gasteiger partial charge in [0.1, 0.15) is 0 Å². The second-order valence-corrected chi connectivity index (χ2v) is 29.1. The molecule has 0 saturated heterocycles. The Balaban J connectivity index is 0.000000221. The van der Waals surface area contributed by atoms with Crippen molar-refractivity contribution in [3.63, 3.8) is 0 Å². The zero-order valence-corrected chi connectivity index (χ0v) is 59.5. The quantitative estimate of drug-likeness (QED) is 0.00855. The van der Waals surface area contributed by atoms with Gasteiger partial charge in [-0.1, -0.05) is 109 Å². The van der Waals surface area contributed by atoms with Crippen LogP contribution in [0.1, 0.15) is 60.4 Å². The van der Waals surface area contributed by atoms with Gasteiger partial charge in [-0.3, -0.25) is 28.5 Å². The average Bonchev–Trinajstić information content (AvgIpc) is 0.823. The van der Waals surface area contributed by atoms with Gasteiger partial charge in [0, 0.05) is 38.5 Å². The molecule has 0 aliphatic carbocycles. The number of hydrogen-bond donors (Lipinski definition) is 9. The highest BCUT2D eigenvalue weighted by atomic mass is 35.5. The molecule has 0 aliphatic rings. The van der Waals surface area contributed by atoms with Crippen molar-refractivity contribution in [2.24, 2.45) is 16.0 Å². The number of hydrazone groups is 2. The molecule has 0 bridgehead atoms. The lowest BCUT2D eigenvalue weighted by molar-refractivity contribution is -0.138. The van der Waals surface area contributed by atoms with Crippen LogP contribution in [0.4, 0.5) is 81.1 Å². The van der Waals surface area contributed by atoms with Crippen LogP contribution < -0.4 is 35.9 Å². The van der Waals surface area contributed by atoms with E-state index < -0.39 is 93.0 Å². The molecule has 0 fully saturated rings.